The minimum Gasteiger partial charge on any atom is -0.368 e. The summed E-state index contributed by atoms with van der Waals surface area (Å²) in [6.45, 7) is 6.70. The SMILES string of the molecule is CC1CCC(OCC(=O)NC2CCN(Cc3ccccc3)C2C)CC1. The molecular weight excluding hydrogens is 312 g/mol. The summed E-state index contributed by atoms with van der Waals surface area (Å²) in [5.41, 5.74) is 1.33. The molecule has 1 saturated heterocycles. The van der Waals surface area contributed by atoms with Gasteiger partial charge < -0.3 is 10.1 Å². The quantitative estimate of drug-likeness (QED) is 0.860. The maximum absolute atomic E-state index is 12.3. The largest absolute Gasteiger partial charge is 0.368 e. The summed E-state index contributed by atoms with van der Waals surface area (Å²) in [4.78, 5) is 14.7. The van der Waals surface area contributed by atoms with Gasteiger partial charge in [0.25, 0.3) is 0 Å². The molecule has 1 N–H and O–H groups in total. The number of amides is 1. The smallest absolute Gasteiger partial charge is 0.246 e. The molecule has 4 heteroatoms. The van der Waals surface area contributed by atoms with Crippen molar-refractivity contribution in [2.45, 2.75) is 70.7 Å². The van der Waals surface area contributed by atoms with E-state index in [0.717, 1.165) is 38.3 Å². The third-order valence-corrected chi connectivity index (χ3v) is 5.87. The van der Waals surface area contributed by atoms with Crippen LogP contribution in [0.25, 0.3) is 0 Å². The topological polar surface area (TPSA) is 41.6 Å². The Hall–Kier alpha value is -1.39. The lowest BCUT2D eigenvalue weighted by atomic mass is 9.89. The summed E-state index contributed by atoms with van der Waals surface area (Å²) in [5, 5.41) is 3.19. The Kier molecular flexibility index (Phi) is 6.49. The van der Waals surface area contributed by atoms with Gasteiger partial charge in [0.05, 0.1) is 6.10 Å². The third-order valence-electron chi connectivity index (χ3n) is 5.87. The van der Waals surface area contributed by atoms with Gasteiger partial charge in [-0.15, -0.1) is 0 Å². The lowest BCUT2D eigenvalue weighted by molar-refractivity contribution is -0.129. The van der Waals surface area contributed by atoms with E-state index in [4.69, 9.17) is 4.74 Å². The van der Waals surface area contributed by atoms with Gasteiger partial charge in [-0.05, 0) is 50.5 Å². The average molecular weight is 344 g/mol. The molecule has 0 radical (unpaired) electrons. The summed E-state index contributed by atoms with van der Waals surface area (Å²) >= 11 is 0. The maximum atomic E-state index is 12.3. The number of hydrogen-bond donors (Lipinski definition) is 1. The second-order valence-electron chi connectivity index (χ2n) is 7.85. The molecule has 2 fully saturated rings. The Morgan fingerprint density at radius 3 is 2.56 bits per heavy atom. The fourth-order valence-electron chi connectivity index (χ4n) is 4.08. The molecule has 2 unspecified atom stereocenters. The minimum absolute atomic E-state index is 0.0389. The van der Waals surface area contributed by atoms with Gasteiger partial charge in [-0.2, -0.15) is 0 Å². The molecule has 0 bridgehead atoms. The highest BCUT2D eigenvalue weighted by Crippen LogP contribution is 2.25. The lowest BCUT2D eigenvalue weighted by Crippen LogP contribution is -2.44. The van der Waals surface area contributed by atoms with Gasteiger partial charge in [0.2, 0.25) is 5.91 Å². The zero-order valence-electron chi connectivity index (χ0n) is 15.6. The highest BCUT2D eigenvalue weighted by molar-refractivity contribution is 5.77. The van der Waals surface area contributed by atoms with Crippen LogP contribution in [0.1, 0.15) is 51.5 Å². The van der Waals surface area contributed by atoms with Crippen LogP contribution in [0.15, 0.2) is 30.3 Å². The van der Waals surface area contributed by atoms with E-state index in [1.54, 1.807) is 0 Å². The number of carbonyl (C=O) groups is 1. The molecule has 138 valence electrons. The zero-order valence-corrected chi connectivity index (χ0v) is 15.6. The first-order chi connectivity index (χ1) is 12.1. The molecule has 1 aromatic rings. The molecule has 25 heavy (non-hydrogen) atoms. The van der Waals surface area contributed by atoms with Gasteiger partial charge >= 0.3 is 0 Å². The van der Waals surface area contributed by atoms with Gasteiger partial charge in [-0.25, -0.2) is 0 Å². The van der Waals surface area contributed by atoms with E-state index in [1.165, 1.54) is 18.4 Å². The number of ether oxygens (including phenoxy) is 1. The first kappa shape index (κ1) is 18.4. The fourth-order valence-corrected chi connectivity index (χ4v) is 4.08. The minimum atomic E-state index is 0.0389. The molecule has 1 amide bonds. The van der Waals surface area contributed by atoms with Crippen molar-refractivity contribution in [3.8, 4) is 0 Å². The average Bonchev–Trinajstić information content (AvgIpc) is 2.95. The molecule has 0 aromatic heterocycles. The predicted molar refractivity (Wildman–Crippen MR) is 100 cm³/mol. The third kappa shape index (κ3) is 5.29. The predicted octanol–water partition coefficient (Wildman–Crippen LogP) is 3.36. The summed E-state index contributed by atoms with van der Waals surface area (Å²) < 4.78 is 5.84. The zero-order chi connectivity index (χ0) is 17.6. The molecule has 4 nitrogen and oxygen atoms in total. The van der Waals surface area contributed by atoms with Crippen LogP contribution in [0.4, 0.5) is 0 Å². The summed E-state index contributed by atoms with van der Waals surface area (Å²) in [6, 6.07) is 11.1. The second-order valence-corrected chi connectivity index (χ2v) is 7.85. The van der Waals surface area contributed by atoms with E-state index in [1.807, 2.05) is 6.07 Å². The van der Waals surface area contributed by atoms with Crippen LogP contribution in [0.3, 0.4) is 0 Å². The summed E-state index contributed by atoms with van der Waals surface area (Å²) in [7, 11) is 0. The number of carbonyl (C=O) groups excluding carboxylic acids is 1. The molecule has 1 saturated carbocycles. The Bertz CT molecular complexity index is 540. The number of likely N-dealkylation sites (tertiary alicyclic amines) is 1. The Morgan fingerprint density at radius 1 is 1.12 bits per heavy atom. The normalized spacial score (nSPS) is 30.3. The van der Waals surface area contributed by atoms with Crippen molar-refractivity contribution in [2.75, 3.05) is 13.2 Å². The van der Waals surface area contributed by atoms with Crippen LogP contribution in [0.5, 0.6) is 0 Å². The molecule has 1 aliphatic carbocycles. The number of hydrogen-bond acceptors (Lipinski definition) is 3. The van der Waals surface area contributed by atoms with Crippen molar-refractivity contribution < 1.29 is 9.53 Å². The van der Waals surface area contributed by atoms with Gasteiger partial charge in [-0.3, -0.25) is 9.69 Å². The molecule has 3 rings (SSSR count). The lowest BCUT2D eigenvalue weighted by Gasteiger charge is -2.27. The van der Waals surface area contributed by atoms with E-state index in [2.05, 4.69) is 48.3 Å². The van der Waals surface area contributed by atoms with E-state index in [9.17, 15) is 4.79 Å². The maximum Gasteiger partial charge on any atom is 0.246 e. The standard InChI is InChI=1S/C21H32N2O2/c1-16-8-10-19(11-9-16)25-15-21(24)22-20-12-13-23(17(20)2)14-18-6-4-3-5-7-18/h3-7,16-17,19-20H,8-15H2,1-2H3,(H,22,24). The van der Waals surface area contributed by atoms with Gasteiger partial charge in [-0.1, -0.05) is 37.3 Å². The van der Waals surface area contributed by atoms with Crippen molar-refractivity contribution in [1.82, 2.24) is 10.2 Å². The molecule has 1 aliphatic heterocycles. The number of nitrogens with zero attached hydrogens (tertiary/aromatic N) is 1. The van der Waals surface area contributed by atoms with Crippen LogP contribution in [0, 0.1) is 5.92 Å². The molecule has 0 spiro atoms. The highest BCUT2D eigenvalue weighted by Gasteiger charge is 2.31. The summed E-state index contributed by atoms with van der Waals surface area (Å²) in [5.74, 6) is 0.848. The number of rotatable bonds is 6. The number of nitrogens with one attached hydrogen (secondary N) is 1. The van der Waals surface area contributed by atoms with Crippen molar-refractivity contribution >= 4 is 5.91 Å². The highest BCUT2D eigenvalue weighted by atomic mass is 16.5. The van der Waals surface area contributed by atoms with E-state index in [-0.39, 0.29) is 24.7 Å². The molecule has 1 aromatic carbocycles. The van der Waals surface area contributed by atoms with Crippen LogP contribution >= 0.6 is 0 Å². The van der Waals surface area contributed by atoms with E-state index in [0.29, 0.717) is 6.04 Å². The van der Waals surface area contributed by atoms with Crippen molar-refractivity contribution in [3.63, 3.8) is 0 Å². The molecule has 1 heterocycles. The fraction of sp³-hybridized carbons (Fsp3) is 0.667. The van der Waals surface area contributed by atoms with E-state index < -0.39 is 0 Å². The Morgan fingerprint density at radius 2 is 1.84 bits per heavy atom. The summed E-state index contributed by atoms with van der Waals surface area (Å²) in [6.07, 6.45) is 5.93. The van der Waals surface area contributed by atoms with Crippen LogP contribution < -0.4 is 5.32 Å². The van der Waals surface area contributed by atoms with Gasteiger partial charge in [0, 0.05) is 25.2 Å². The van der Waals surface area contributed by atoms with Crippen LogP contribution in [-0.4, -0.2) is 42.1 Å². The van der Waals surface area contributed by atoms with Crippen molar-refractivity contribution in [1.29, 1.82) is 0 Å². The second kappa shape index (κ2) is 8.81. The van der Waals surface area contributed by atoms with Crippen molar-refractivity contribution in [2.24, 2.45) is 5.92 Å². The van der Waals surface area contributed by atoms with Crippen molar-refractivity contribution in [3.05, 3.63) is 35.9 Å². The van der Waals surface area contributed by atoms with Gasteiger partial charge in [0.15, 0.2) is 0 Å². The first-order valence-electron chi connectivity index (χ1n) is 9.80. The molecule has 2 aliphatic rings. The van der Waals surface area contributed by atoms with Crippen LogP contribution in [0.2, 0.25) is 0 Å². The first-order valence-corrected chi connectivity index (χ1v) is 9.80. The van der Waals surface area contributed by atoms with Crippen LogP contribution in [-0.2, 0) is 16.1 Å². The molecule has 2 atom stereocenters. The monoisotopic (exact) mass is 344 g/mol. The Balaban J connectivity index is 1.40. The number of benzene rings is 1. The molecular formula is C21H32N2O2. The Labute approximate surface area is 151 Å². The van der Waals surface area contributed by atoms with E-state index >= 15 is 0 Å². The van der Waals surface area contributed by atoms with Gasteiger partial charge in [0.1, 0.15) is 6.61 Å².